The van der Waals surface area contributed by atoms with E-state index in [9.17, 15) is 14.4 Å². The second kappa shape index (κ2) is 13.9. The summed E-state index contributed by atoms with van der Waals surface area (Å²) in [5, 5.41) is 10.1. The molecule has 0 spiro atoms. The van der Waals surface area contributed by atoms with Gasteiger partial charge in [-0.05, 0) is 73.2 Å². The van der Waals surface area contributed by atoms with E-state index in [1.807, 2.05) is 55.5 Å². The molecule has 1 heterocycles. The number of carbonyl (C=O) groups is 3. The van der Waals surface area contributed by atoms with Crippen LogP contribution in [0.5, 0.6) is 0 Å². The molecule has 3 amide bonds. The van der Waals surface area contributed by atoms with E-state index < -0.39 is 5.91 Å². The second-order valence-electron chi connectivity index (χ2n) is 9.71. The van der Waals surface area contributed by atoms with E-state index in [2.05, 4.69) is 20.9 Å². The summed E-state index contributed by atoms with van der Waals surface area (Å²) in [4.78, 5) is 42.9. The number of aromatic nitrogens is 1. The molecule has 0 fully saturated rings. The number of para-hydroxylation sites is 1. The summed E-state index contributed by atoms with van der Waals surface area (Å²) in [5.74, 6) is -0.347. The molecule has 9 heteroatoms. The molecular weight excluding hydrogens is 580 g/mol. The first-order chi connectivity index (χ1) is 20.9. The van der Waals surface area contributed by atoms with Crippen LogP contribution in [-0.2, 0) is 9.59 Å². The summed E-state index contributed by atoms with van der Waals surface area (Å²) in [7, 11) is 0. The van der Waals surface area contributed by atoms with Crippen molar-refractivity contribution in [3.05, 3.63) is 131 Å². The van der Waals surface area contributed by atoms with Gasteiger partial charge in [-0.2, -0.15) is 0 Å². The van der Waals surface area contributed by atoms with E-state index in [0.29, 0.717) is 34.1 Å². The van der Waals surface area contributed by atoms with Crippen molar-refractivity contribution in [2.75, 3.05) is 16.4 Å². The van der Waals surface area contributed by atoms with E-state index in [1.54, 1.807) is 60.8 Å². The maximum Gasteiger partial charge on any atom is 0.272 e. The highest BCUT2D eigenvalue weighted by molar-refractivity contribution is 7.99. The van der Waals surface area contributed by atoms with E-state index in [0.717, 1.165) is 26.9 Å². The minimum atomic E-state index is -0.456. The Bertz CT molecular complexity index is 1800. The number of hydrogen-bond acceptors (Lipinski definition) is 4. The molecule has 0 aliphatic heterocycles. The van der Waals surface area contributed by atoms with Gasteiger partial charge in [-0.1, -0.05) is 54.1 Å². The van der Waals surface area contributed by atoms with Crippen molar-refractivity contribution in [2.24, 2.45) is 0 Å². The number of H-pyrrole nitrogens is 1. The Morgan fingerprint density at radius 2 is 1.60 bits per heavy atom. The number of anilines is 2. The molecule has 5 aromatic rings. The average molecular weight is 609 g/mol. The van der Waals surface area contributed by atoms with Crippen LogP contribution in [0.1, 0.15) is 27.9 Å². The van der Waals surface area contributed by atoms with Gasteiger partial charge in [-0.3, -0.25) is 14.4 Å². The van der Waals surface area contributed by atoms with Crippen molar-refractivity contribution >= 4 is 69.4 Å². The van der Waals surface area contributed by atoms with E-state index in [-0.39, 0.29) is 17.5 Å². The first-order valence-electron chi connectivity index (χ1n) is 13.6. The quantitative estimate of drug-likeness (QED) is 0.0965. The lowest BCUT2D eigenvalue weighted by Gasteiger charge is -2.12. The number of aromatic amines is 1. The Labute approximate surface area is 258 Å². The lowest BCUT2D eigenvalue weighted by Crippen LogP contribution is -2.30. The standard InChI is InChI=1S/C34H29ClN4O3S/c1-22-28(35)11-7-13-29(22)38-32(40)18-19-43-26-16-14-25(15-17-26)37-34(42)31(39-33(41)23-8-3-2-4-9-23)20-24-21-36-30-12-6-5-10-27(24)30/h2-17,20-21,36H,18-19H2,1H3,(H,37,42)(H,38,40)(H,39,41)/b31-20-. The summed E-state index contributed by atoms with van der Waals surface area (Å²) in [6, 6.07) is 29.2. The normalized spacial score (nSPS) is 11.3. The van der Waals surface area contributed by atoms with Gasteiger partial charge in [-0.15, -0.1) is 11.8 Å². The lowest BCUT2D eigenvalue weighted by molar-refractivity contribution is -0.116. The van der Waals surface area contributed by atoms with Crippen LogP contribution in [0.15, 0.2) is 114 Å². The SMILES string of the molecule is Cc1c(Cl)cccc1NC(=O)CCSc1ccc(NC(=O)/C(=C/c2c[nH]c3ccccc23)NC(=O)c2ccccc2)cc1. The molecule has 5 rings (SSSR count). The fraction of sp³-hybridized carbons (Fsp3) is 0.0882. The van der Waals surface area contributed by atoms with Crippen molar-refractivity contribution in [3.63, 3.8) is 0 Å². The van der Waals surface area contributed by atoms with Crippen molar-refractivity contribution in [1.82, 2.24) is 10.3 Å². The van der Waals surface area contributed by atoms with Crippen LogP contribution >= 0.6 is 23.4 Å². The van der Waals surface area contributed by atoms with Crippen LogP contribution in [-0.4, -0.2) is 28.5 Å². The Balaban J connectivity index is 1.23. The fourth-order valence-electron chi connectivity index (χ4n) is 4.36. The molecular formula is C34H29ClN4O3S. The first kappa shape index (κ1) is 29.7. The number of halogens is 1. The number of carbonyl (C=O) groups excluding carboxylic acids is 3. The molecule has 216 valence electrons. The van der Waals surface area contributed by atoms with Crippen molar-refractivity contribution in [3.8, 4) is 0 Å². The summed E-state index contributed by atoms with van der Waals surface area (Å²) in [5.41, 5.74) is 4.37. The van der Waals surface area contributed by atoms with Gasteiger partial charge in [0, 0.05) is 61.7 Å². The third-order valence-electron chi connectivity index (χ3n) is 6.70. The first-order valence-corrected chi connectivity index (χ1v) is 15.0. The molecule has 43 heavy (non-hydrogen) atoms. The highest BCUT2D eigenvalue weighted by atomic mass is 35.5. The van der Waals surface area contributed by atoms with Gasteiger partial charge in [0.25, 0.3) is 11.8 Å². The number of rotatable bonds is 10. The molecule has 7 nitrogen and oxygen atoms in total. The second-order valence-corrected chi connectivity index (χ2v) is 11.3. The molecule has 0 radical (unpaired) electrons. The lowest BCUT2D eigenvalue weighted by atomic mass is 10.1. The summed E-state index contributed by atoms with van der Waals surface area (Å²) >= 11 is 7.68. The van der Waals surface area contributed by atoms with Crippen molar-refractivity contribution in [1.29, 1.82) is 0 Å². The van der Waals surface area contributed by atoms with Gasteiger partial charge >= 0.3 is 0 Å². The van der Waals surface area contributed by atoms with E-state index in [1.165, 1.54) is 11.8 Å². The zero-order valence-electron chi connectivity index (χ0n) is 23.3. The third-order valence-corrected chi connectivity index (χ3v) is 8.12. The highest BCUT2D eigenvalue weighted by Gasteiger charge is 2.16. The summed E-state index contributed by atoms with van der Waals surface area (Å²) < 4.78 is 0. The smallest absolute Gasteiger partial charge is 0.272 e. The van der Waals surface area contributed by atoms with Gasteiger partial charge in [0.1, 0.15) is 5.70 Å². The number of hydrogen-bond donors (Lipinski definition) is 4. The molecule has 0 saturated heterocycles. The maximum absolute atomic E-state index is 13.4. The van der Waals surface area contributed by atoms with Crippen LogP contribution in [0, 0.1) is 6.92 Å². The van der Waals surface area contributed by atoms with Gasteiger partial charge in [0.15, 0.2) is 0 Å². The molecule has 1 aromatic heterocycles. The minimum Gasteiger partial charge on any atom is -0.361 e. The Hall–Kier alpha value is -4.79. The van der Waals surface area contributed by atoms with Crippen molar-refractivity contribution < 1.29 is 14.4 Å². The Morgan fingerprint density at radius 3 is 2.40 bits per heavy atom. The van der Waals surface area contributed by atoms with Gasteiger partial charge in [0.2, 0.25) is 5.91 Å². The zero-order chi connectivity index (χ0) is 30.2. The zero-order valence-corrected chi connectivity index (χ0v) is 24.9. The number of fused-ring (bicyclic) bond motifs is 1. The Kier molecular flexibility index (Phi) is 9.61. The molecule has 0 aliphatic rings. The monoisotopic (exact) mass is 608 g/mol. The van der Waals surface area contributed by atoms with E-state index >= 15 is 0 Å². The molecule has 0 saturated carbocycles. The Morgan fingerprint density at radius 1 is 0.860 bits per heavy atom. The molecule has 4 N–H and O–H groups in total. The molecule has 0 bridgehead atoms. The minimum absolute atomic E-state index is 0.0891. The third kappa shape index (κ3) is 7.74. The summed E-state index contributed by atoms with van der Waals surface area (Å²) in [6.45, 7) is 1.87. The molecule has 4 aromatic carbocycles. The van der Waals surface area contributed by atoms with Gasteiger partial charge in [0.05, 0.1) is 0 Å². The molecule has 0 unspecified atom stereocenters. The highest BCUT2D eigenvalue weighted by Crippen LogP contribution is 2.25. The number of thioether (sulfide) groups is 1. The average Bonchev–Trinajstić information content (AvgIpc) is 3.43. The fourth-order valence-corrected chi connectivity index (χ4v) is 5.39. The van der Waals surface area contributed by atoms with Crippen LogP contribution in [0.2, 0.25) is 5.02 Å². The van der Waals surface area contributed by atoms with Crippen LogP contribution in [0.3, 0.4) is 0 Å². The van der Waals surface area contributed by atoms with Crippen LogP contribution in [0.4, 0.5) is 11.4 Å². The number of amides is 3. The predicted octanol–water partition coefficient (Wildman–Crippen LogP) is 7.66. The van der Waals surface area contributed by atoms with E-state index in [4.69, 9.17) is 11.6 Å². The van der Waals surface area contributed by atoms with Crippen LogP contribution in [0.25, 0.3) is 17.0 Å². The topological polar surface area (TPSA) is 103 Å². The van der Waals surface area contributed by atoms with Gasteiger partial charge < -0.3 is 20.9 Å². The predicted molar refractivity (Wildman–Crippen MR) is 175 cm³/mol. The largest absolute Gasteiger partial charge is 0.361 e. The molecule has 0 atom stereocenters. The number of nitrogens with one attached hydrogen (secondary N) is 4. The summed E-state index contributed by atoms with van der Waals surface area (Å²) in [6.07, 6.45) is 3.79. The van der Waals surface area contributed by atoms with Crippen LogP contribution < -0.4 is 16.0 Å². The molecule has 0 aliphatic carbocycles. The van der Waals surface area contributed by atoms with Gasteiger partial charge in [-0.25, -0.2) is 0 Å². The number of benzene rings is 4. The maximum atomic E-state index is 13.4. The van der Waals surface area contributed by atoms with Crippen molar-refractivity contribution in [2.45, 2.75) is 18.2 Å².